The molecule has 1 aromatic carbocycles. The Balaban J connectivity index is 1.40. The van der Waals surface area contributed by atoms with Gasteiger partial charge in [0.2, 0.25) is 0 Å². The minimum atomic E-state index is 0.705. The van der Waals surface area contributed by atoms with Crippen LogP contribution in [0.2, 0.25) is 0 Å². The standard InChI is InChI=1S/C24H27N7OS/c1-29-6-8-30(9-7-29)16-20-26-21-23(31-10-12-32-13-11-31)27-22(28-24(21)33-20)18-14-17-4-2-3-5-19(17)25-15-18/h2-5,14-15H,6-13,16H2,1H3. The fourth-order valence-corrected chi connectivity index (χ4v) is 5.41. The molecule has 33 heavy (non-hydrogen) atoms. The molecular formula is C24H27N7OS. The Morgan fingerprint density at radius 2 is 1.79 bits per heavy atom. The lowest BCUT2D eigenvalue weighted by atomic mass is 10.1. The lowest BCUT2D eigenvalue weighted by molar-refractivity contribution is 0.122. The molecule has 8 nitrogen and oxygen atoms in total. The first-order chi connectivity index (χ1) is 16.2. The molecule has 0 unspecified atom stereocenters. The summed E-state index contributed by atoms with van der Waals surface area (Å²) in [7, 11) is 2.18. The average molecular weight is 462 g/mol. The molecule has 0 saturated carbocycles. The number of rotatable bonds is 4. The highest BCUT2D eigenvalue weighted by atomic mass is 32.1. The van der Waals surface area contributed by atoms with Crippen molar-refractivity contribution in [2.75, 3.05) is 64.4 Å². The van der Waals surface area contributed by atoms with Gasteiger partial charge in [-0.2, -0.15) is 0 Å². The van der Waals surface area contributed by atoms with Crippen LogP contribution in [0.25, 0.3) is 32.6 Å². The molecule has 0 radical (unpaired) electrons. The highest BCUT2D eigenvalue weighted by Crippen LogP contribution is 2.32. The lowest BCUT2D eigenvalue weighted by Crippen LogP contribution is -2.43. The van der Waals surface area contributed by atoms with E-state index in [4.69, 9.17) is 19.7 Å². The fraction of sp³-hybridized carbons (Fsp3) is 0.417. The monoisotopic (exact) mass is 461 g/mol. The minimum Gasteiger partial charge on any atom is -0.378 e. The van der Waals surface area contributed by atoms with Crippen molar-refractivity contribution < 1.29 is 4.74 Å². The predicted octanol–water partition coefficient (Wildman–Crippen LogP) is 2.89. The Kier molecular flexibility index (Phi) is 5.63. The lowest BCUT2D eigenvalue weighted by Gasteiger charge is -2.31. The molecular weight excluding hydrogens is 434 g/mol. The van der Waals surface area contributed by atoms with Crippen molar-refractivity contribution >= 4 is 38.4 Å². The second-order valence-electron chi connectivity index (χ2n) is 8.73. The van der Waals surface area contributed by atoms with Crippen molar-refractivity contribution in [2.45, 2.75) is 6.54 Å². The van der Waals surface area contributed by atoms with Crippen molar-refractivity contribution in [3.8, 4) is 11.4 Å². The van der Waals surface area contributed by atoms with E-state index in [9.17, 15) is 0 Å². The quantitative estimate of drug-likeness (QED) is 0.460. The van der Waals surface area contributed by atoms with E-state index in [0.29, 0.717) is 19.0 Å². The van der Waals surface area contributed by atoms with Crippen molar-refractivity contribution in [1.29, 1.82) is 0 Å². The molecule has 0 atom stereocenters. The number of thiazole rings is 1. The summed E-state index contributed by atoms with van der Waals surface area (Å²) in [5, 5.41) is 2.19. The number of anilines is 1. The smallest absolute Gasteiger partial charge is 0.164 e. The largest absolute Gasteiger partial charge is 0.378 e. The van der Waals surface area contributed by atoms with Crippen LogP contribution in [0.5, 0.6) is 0 Å². The molecule has 2 saturated heterocycles. The van der Waals surface area contributed by atoms with Crippen LogP contribution in [0, 0.1) is 0 Å². The Labute approximate surface area is 196 Å². The molecule has 170 valence electrons. The van der Waals surface area contributed by atoms with Gasteiger partial charge in [0, 0.05) is 56.4 Å². The minimum absolute atomic E-state index is 0.705. The zero-order valence-electron chi connectivity index (χ0n) is 18.8. The maximum Gasteiger partial charge on any atom is 0.164 e. The van der Waals surface area contributed by atoms with E-state index in [1.165, 1.54) is 0 Å². The molecule has 2 aliphatic rings. The molecule has 0 bridgehead atoms. The Morgan fingerprint density at radius 1 is 0.970 bits per heavy atom. The van der Waals surface area contributed by atoms with Crippen LogP contribution in [-0.4, -0.2) is 89.3 Å². The molecule has 5 heterocycles. The molecule has 0 spiro atoms. The number of piperazine rings is 1. The summed E-state index contributed by atoms with van der Waals surface area (Å²) in [5.41, 5.74) is 2.81. The van der Waals surface area contributed by atoms with Gasteiger partial charge in [0.15, 0.2) is 11.6 Å². The average Bonchev–Trinajstić information content (AvgIpc) is 3.27. The number of fused-ring (bicyclic) bond motifs is 2. The topological polar surface area (TPSA) is 70.5 Å². The molecule has 2 aliphatic heterocycles. The van der Waals surface area contributed by atoms with Crippen LogP contribution in [0.3, 0.4) is 0 Å². The van der Waals surface area contributed by atoms with Crippen LogP contribution in [0.15, 0.2) is 36.5 Å². The van der Waals surface area contributed by atoms with E-state index in [2.05, 4.69) is 38.9 Å². The third-order valence-electron chi connectivity index (χ3n) is 6.40. The Hall–Kier alpha value is -2.72. The molecule has 9 heteroatoms. The van der Waals surface area contributed by atoms with Crippen molar-refractivity contribution in [3.05, 3.63) is 41.5 Å². The maximum absolute atomic E-state index is 5.59. The number of nitrogens with zero attached hydrogens (tertiary/aromatic N) is 7. The van der Waals surface area contributed by atoms with Gasteiger partial charge in [0.25, 0.3) is 0 Å². The Bertz CT molecular complexity index is 1280. The molecule has 2 fully saturated rings. The van der Waals surface area contributed by atoms with Crippen LogP contribution in [-0.2, 0) is 11.3 Å². The van der Waals surface area contributed by atoms with E-state index in [1.54, 1.807) is 11.3 Å². The van der Waals surface area contributed by atoms with Gasteiger partial charge in [0.05, 0.1) is 25.3 Å². The zero-order chi connectivity index (χ0) is 22.2. The molecule has 0 aliphatic carbocycles. The number of hydrogen-bond acceptors (Lipinski definition) is 9. The molecule has 0 N–H and O–H groups in total. The van der Waals surface area contributed by atoms with Gasteiger partial charge >= 0.3 is 0 Å². The third kappa shape index (κ3) is 4.29. The van der Waals surface area contributed by atoms with Gasteiger partial charge < -0.3 is 14.5 Å². The van der Waals surface area contributed by atoms with Crippen LogP contribution in [0.4, 0.5) is 5.82 Å². The molecule has 4 aromatic rings. The number of likely N-dealkylation sites (N-methyl/N-ethyl adjacent to an activating group) is 1. The summed E-state index contributed by atoms with van der Waals surface area (Å²) in [5.74, 6) is 1.62. The first-order valence-corrected chi connectivity index (χ1v) is 12.3. The first kappa shape index (κ1) is 20.9. The van der Waals surface area contributed by atoms with E-state index in [1.807, 2.05) is 24.4 Å². The fourth-order valence-electron chi connectivity index (χ4n) is 4.43. The number of pyridine rings is 1. The van der Waals surface area contributed by atoms with Gasteiger partial charge in [0.1, 0.15) is 15.4 Å². The van der Waals surface area contributed by atoms with E-state index in [-0.39, 0.29) is 0 Å². The molecule has 6 rings (SSSR count). The van der Waals surface area contributed by atoms with Gasteiger partial charge in [-0.05, 0) is 19.2 Å². The third-order valence-corrected chi connectivity index (χ3v) is 7.33. The highest BCUT2D eigenvalue weighted by molar-refractivity contribution is 7.18. The highest BCUT2D eigenvalue weighted by Gasteiger charge is 2.23. The normalized spacial score (nSPS) is 18.4. The number of aromatic nitrogens is 4. The van der Waals surface area contributed by atoms with Gasteiger partial charge in [-0.15, -0.1) is 0 Å². The number of para-hydroxylation sites is 1. The second-order valence-corrected chi connectivity index (χ2v) is 9.79. The summed E-state index contributed by atoms with van der Waals surface area (Å²) in [6.07, 6.45) is 1.87. The molecule has 0 amide bonds. The summed E-state index contributed by atoms with van der Waals surface area (Å²) >= 11 is 1.69. The predicted molar refractivity (Wildman–Crippen MR) is 132 cm³/mol. The van der Waals surface area contributed by atoms with E-state index in [0.717, 1.165) is 83.5 Å². The summed E-state index contributed by atoms with van der Waals surface area (Å²) in [6.45, 7) is 8.24. The van der Waals surface area contributed by atoms with Crippen LogP contribution in [0.1, 0.15) is 5.01 Å². The van der Waals surface area contributed by atoms with Crippen molar-refractivity contribution in [3.63, 3.8) is 0 Å². The summed E-state index contributed by atoms with van der Waals surface area (Å²) < 4.78 is 5.59. The number of hydrogen-bond donors (Lipinski definition) is 0. The van der Waals surface area contributed by atoms with Crippen LogP contribution >= 0.6 is 11.3 Å². The van der Waals surface area contributed by atoms with Crippen molar-refractivity contribution in [2.24, 2.45) is 0 Å². The number of morpholine rings is 1. The van der Waals surface area contributed by atoms with Gasteiger partial charge in [-0.1, -0.05) is 29.5 Å². The summed E-state index contributed by atoms with van der Waals surface area (Å²) in [4.78, 5) is 27.7. The van der Waals surface area contributed by atoms with E-state index < -0.39 is 0 Å². The van der Waals surface area contributed by atoms with E-state index >= 15 is 0 Å². The summed E-state index contributed by atoms with van der Waals surface area (Å²) in [6, 6.07) is 10.3. The number of benzene rings is 1. The molecule has 3 aromatic heterocycles. The number of ether oxygens (including phenoxy) is 1. The van der Waals surface area contributed by atoms with Gasteiger partial charge in [-0.25, -0.2) is 15.0 Å². The zero-order valence-corrected chi connectivity index (χ0v) is 19.6. The van der Waals surface area contributed by atoms with Crippen LogP contribution < -0.4 is 4.90 Å². The first-order valence-electron chi connectivity index (χ1n) is 11.5. The SMILES string of the molecule is CN1CCN(Cc2nc3c(N4CCOCC4)nc(-c4cnc5ccccc5c4)nc3s2)CC1. The maximum atomic E-state index is 5.59. The Morgan fingerprint density at radius 3 is 2.64 bits per heavy atom. The van der Waals surface area contributed by atoms with Gasteiger partial charge in [-0.3, -0.25) is 9.88 Å². The van der Waals surface area contributed by atoms with Crippen molar-refractivity contribution in [1.82, 2.24) is 29.7 Å². The second kappa shape index (κ2) is 8.90.